The number of hydrogen-bond donors (Lipinski definition) is 3. The van der Waals surface area contributed by atoms with Gasteiger partial charge in [-0.15, -0.1) is 0 Å². The first-order valence-corrected chi connectivity index (χ1v) is 13.1. The predicted molar refractivity (Wildman–Crippen MR) is 148 cm³/mol. The molecule has 9 nitrogen and oxygen atoms in total. The number of carbonyl (C=O) groups is 1. The zero-order valence-electron chi connectivity index (χ0n) is 23.0. The summed E-state index contributed by atoms with van der Waals surface area (Å²) in [4.78, 5) is 25.2. The molecule has 5 heterocycles. The summed E-state index contributed by atoms with van der Waals surface area (Å²) in [5.41, 5.74) is 2.78. The molecule has 1 aromatic heterocycles. The highest BCUT2D eigenvalue weighted by Gasteiger charge is 2.29. The molecule has 0 fully saturated rings. The minimum absolute atomic E-state index is 0.0735. The van der Waals surface area contributed by atoms with Crippen molar-refractivity contribution in [2.45, 2.75) is 33.0 Å². The van der Waals surface area contributed by atoms with Gasteiger partial charge in [-0.05, 0) is 46.4 Å². The van der Waals surface area contributed by atoms with Gasteiger partial charge in [-0.3, -0.25) is 4.79 Å². The van der Waals surface area contributed by atoms with Gasteiger partial charge in [0.25, 0.3) is 5.91 Å². The Bertz CT molecular complexity index is 1350. The molecule has 218 valence electrons. The molecule has 0 aliphatic carbocycles. The summed E-state index contributed by atoms with van der Waals surface area (Å²) in [5.74, 6) is 0.745. The van der Waals surface area contributed by atoms with Crippen LogP contribution in [0.15, 0.2) is 60.7 Å². The summed E-state index contributed by atoms with van der Waals surface area (Å²) >= 11 is 0. The van der Waals surface area contributed by atoms with Crippen molar-refractivity contribution in [3.63, 3.8) is 0 Å². The van der Waals surface area contributed by atoms with Crippen LogP contribution in [-0.4, -0.2) is 59.9 Å². The summed E-state index contributed by atoms with van der Waals surface area (Å²) in [6.45, 7) is 8.99. The number of halogens is 3. The molecule has 2 aromatic carbocycles. The minimum atomic E-state index is -4.54. The molecule has 4 aliphatic rings. The Hall–Kier alpha value is -4.19. The second-order valence-corrected chi connectivity index (χ2v) is 10.6. The number of alkyl halides is 3. The summed E-state index contributed by atoms with van der Waals surface area (Å²) in [6.07, 6.45) is -4.35. The number of nitrogens with one attached hydrogen (secondary N) is 3. The maximum Gasteiger partial charge on any atom is 0.422 e. The van der Waals surface area contributed by atoms with Crippen LogP contribution in [0.4, 0.5) is 19.1 Å². The molecular formula is C29H33F3N6O3. The van der Waals surface area contributed by atoms with E-state index in [0.717, 1.165) is 16.7 Å². The van der Waals surface area contributed by atoms with Gasteiger partial charge in [0, 0.05) is 38.2 Å². The van der Waals surface area contributed by atoms with Crippen LogP contribution in [0.5, 0.6) is 11.8 Å². The van der Waals surface area contributed by atoms with Gasteiger partial charge in [0.2, 0.25) is 5.95 Å². The molecule has 0 atom stereocenters. The van der Waals surface area contributed by atoms with Crippen molar-refractivity contribution < 1.29 is 27.4 Å². The Labute approximate surface area is 236 Å². The Morgan fingerprint density at radius 1 is 0.951 bits per heavy atom. The average molecular weight is 571 g/mol. The number of amides is 1. The SMILES string of the molecule is C=C1CNCC(C)(C)CNC(=O)c2ccc(cc2)Cc2nc(nc(OCC(F)(F)F)n2)NCc2ccc(cc2)OC1. The van der Waals surface area contributed by atoms with Gasteiger partial charge in [-0.1, -0.05) is 44.7 Å². The number of rotatable bonds is 2. The van der Waals surface area contributed by atoms with Crippen molar-refractivity contribution in [2.75, 3.05) is 38.2 Å². The Morgan fingerprint density at radius 3 is 2.37 bits per heavy atom. The molecule has 0 radical (unpaired) electrons. The lowest BCUT2D eigenvalue weighted by molar-refractivity contribution is -0.154. The fraction of sp³-hybridized carbons (Fsp3) is 0.379. The van der Waals surface area contributed by atoms with Gasteiger partial charge < -0.3 is 25.4 Å². The lowest BCUT2D eigenvalue weighted by Crippen LogP contribution is -2.40. The van der Waals surface area contributed by atoms with E-state index in [0.29, 0.717) is 44.1 Å². The van der Waals surface area contributed by atoms with E-state index < -0.39 is 18.8 Å². The fourth-order valence-electron chi connectivity index (χ4n) is 3.91. The standard InChI is InChI=1S/C29H33F3N6O3/c1-19-13-33-16-28(2,3)17-35-25(39)22-8-4-20(5-9-22)12-24-36-26(38-27(37-24)41-18-29(30,31)32)34-14-21-6-10-23(11-7-21)40-15-19/h4-11,33H,1,12-18H2,2-3H3,(H,35,39)(H,34,36,37,38). The molecule has 3 N–H and O–H groups in total. The highest BCUT2D eigenvalue weighted by molar-refractivity contribution is 5.94. The topological polar surface area (TPSA) is 110 Å². The summed E-state index contributed by atoms with van der Waals surface area (Å²) < 4.78 is 49.0. The molecule has 3 aromatic rings. The van der Waals surface area contributed by atoms with E-state index in [2.05, 4.69) is 51.3 Å². The number of carbonyl (C=O) groups excluding carboxylic acids is 1. The molecule has 0 spiro atoms. The Kier molecular flexibility index (Phi) is 9.43. The summed E-state index contributed by atoms with van der Waals surface area (Å²) in [6, 6.07) is 13.8. The maximum atomic E-state index is 12.8. The first-order chi connectivity index (χ1) is 19.4. The van der Waals surface area contributed by atoms with Crippen LogP contribution in [0.1, 0.15) is 41.2 Å². The van der Waals surface area contributed by atoms with E-state index in [1.165, 1.54) is 0 Å². The highest BCUT2D eigenvalue weighted by Crippen LogP contribution is 2.19. The second kappa shape index (κ2) is 13.0. The van der Waals surface area contributed by atoms with E-state index in [9.17, 15) is 18.0 Å². The van der Waals surface area contributed by atoms with Crippen LogP contribution >= 0.6 is 0 Å². The van der Waals surface area contributed by atoms with E-state index >= 15 is 0 Å². The molecule has 0 saturated carbocycles. The Balaban J connectivity index is 1.57. The first kappa shape index (κ1) is 29.8. The maximum absolute atomic E-state index is 12.8. The number of anilines is 1. The minimum Gasteiger partial charge on any atom is -0.489 e. The smallest absolute Gasteiger partial charge is 0.422 e. The number of aromatic nitrogens is 3. The molecule has 6 bridgehead atoms. The van der Waals surface area contributed by atoms with Gasteiger partial charge in [0.15, 0.2) is 6.61 Å². The molecule has 7 rings (SSSR count). The van der Waals surface area contributed by atoms with E-state index in [4.69, 9.17) is 9.47 Å². The normalized spacial score (nSPS) is 16.7. The lowest BCUT2D eigenvalue weighted by Gasteiger charge is -2.26. The van der Waals surface area contributed by atoms with Gasteiger partial charge in [0.1, 0.15) is 18.2 Å². The van der Waals surface area contributed by atoms with Gasteiger partial charge in [-0.25, -0.2) is 0 Å². The summed E-state index contributed by atoms with van der Waals surface area (Å²) in [7, 11) is 0. The van der Waals surface area contributed by atoms with Crippen molar-refractivity contribution in [2.24, 2.45) is 5.41 Å². The number of benzene rings is 2. The number of hydrogen-bond acceptors (Lipinski definition) is 8. The summed E-state index contributed by atoms with van der Waals surface area (Å²) in [5, 5.41) is 9.37. The third kappa shape index (κ3) is 9.75. The zero-order valence-corrected chi connectivity index (χ0v) is 23.0. The van der Waals surface area contributed by atoms with E-state index in [-0.39, 0.29) is 29.5 Å². The quantitative estimate of drug-likeness (QED) is 0.391. The van der Waals surface area contributed by atoms with Crippen LogP contribution in [0.25, 0.3) is 0 Å². The number of ether oxygens (including phenoxy) is 2. The van der Waals surface area contributed by atoms with Crippen LogP contribution in [0.2, 0.25) is 0 Å². The van der Waals surface area contributed by atoms with Crippen LogP contribution in [0, 0.1) is 5.41 Å². The van der Waals surface area contributed by atoms with Crippen molar-refractivity contribution in [1.29, 1.82) is 0 Å². The monoisotopic (exact) mass is 570 g/mol. The second-order valence-electron chi connectivity index (χ2n) is 10.6. The molecule has 12 heteroatoms. The van der Waals surface area contributed by atoms with Gasteiger partial charge >= 0.3 is 12.2 Å². The van der Waals surface area contributed by atoms with Crippen molar-refractivity contribution in [3.05, 3.63) is 83.2 Å². The zero-order chi connectivity index (χ0) is 29.5. The molecule has 1 amide bonds. The molecule has 0 unspecified atom stereocenters. The van der Waals surface area contributed by atoms with Crippen molar-refractivity contribution in [1.82, 2.24) is 25.6 Å². The van der Waals surface area contributed by atoms with Gasteiger partial charge in [0.05, 0.1) is 0 Å². The third-order valence-corrected chi connectivity index (χ3v) is 6.13. The fourth-order valence-corrected chi connectivity index (χ4v) is 3.91. The molecular weight excluding hydrogens is 537 g/mol. The van der Waals surface area contributed by atoms with Crippen LogP contribution in [-0.2, 0) is 13.0 Å². The molecule has 41 heavy (non-hydrogen) atoms. The van der Waals surface area contributed by atoms with E-state index in [1.54, 1.807) is 24.3 Å². The molecule has 4 aliphatic heterocycles. The van der Waals surface area contributed by atoms with Crippen LogP contribution < -0.4 is 25.4 Å². The largest absolute Gasteiger partial charge is 0.489 e. The lowest BCUT2D eigenvalue weighted by atomic mass is 9.93. The highest BCUT2D eigenvalue weighted by atomic mass is 19.4. The first-order valence-electron chi connectivity index (χ1n) is 13.1. The Morgan fingerprint density at radius 2 is 1.66 bits per heavy atom. The third-order valence-electron chi connectivity index (χ3n) is 6.13. The van der Waals surface area contributed by atoms with Crippen molar-refractivity contribution >= 4 is 11.9 Å². The predicted octanol–water partition coefficient (Wildman–Crippen LogP) is 4.31. The molecule has 0 saturated heterocycles. The van der Waals surface area contributed by atoms with Crippen LogP contribution in [0.3, 0.4) is 0 Å². The number of nitrogens with zero attached hydrogens (tertiary/aromatic N) is 3. The average Bonchev–Trinajstić information content (AvgIpc) is 2.93. The van der Waals surface area contributed by atoms with Gasteiger partial charge in [-0.2, -0.15) is 28.1 Å². The van der Waals surface area contributed by atoms with Crippen molar-refractivity contribution in [3.8, 4) is 11.8 Å². The van der Waals surface area contributed by atoms with E-state index in [1.807, 2.05) is 24.3 Å².